The van der Waals surface area contributed by atoms with E-state index >= 15 is 0 Å². The van der Waals surface area contributed by atoms with Crippen molar-refractivity contribution in [2.24, 2.45) is 0 Å². The number of benzene rings is 7. The monoisotopic (exact) mass is 608 g/mol. The van der Waals surface area contributed by atoms with Crippen LogP contribution in [0.25, 0.3) is 42.1 Å². The van der Waals surface area contributed by atoms with Gasteiger partial charge in [0.1, 0.15) is 11.2 Å². The summed E-state index contributed by atoms with van der Waals surface area (Å²) in [6, 6.07) is 60.2. The molecule has 46 heavy (non-hydrogen) atoms. The first-order chi connectivity index (χ1) is 22.8. The maximum atomic E-state index is 6.15. The normalized spacial score (nSPS) is 11.5. The van der Waals surface area contributed by atoms with E-state index in [1.165, 1.54) is 20.2 Å². The molecular weight excluding hydrogens is 581 g/mol. The number of para-hydroxylation sites is 4. The summed E-state index contributed by atoms with van der Waals surface area (Å²) in [5.74, 6) is 0. The lowest BCUT2D eigenvalue weighted by Crippen LogP contribution is -2.09. The first kappa shape index (κ1) is 26.6. The van der Waals surface area contributed by atoms with Gasteiger partial charge >= 0.3 is 0 Å². The highest BCUT2D eigenvalue weighted by atomic mass is 32.1. The van der Waals surface area contributed by atoms with Gasteiger partial charge in [0.2, 0.25) is 0 Å². The average Bonchev–Trinajstić information content (AvgIpc) is 3.67. The Morgan fingerprint density at radius 1 is 0.326 bits per heavy atom. The van der Waals surface area contributed by atoms with Crippen LogP contribution in [0.1, 0.15) is 0 Å². The van der Waals surface area contributed by atoms with Crippen LogP contribution in [-0.2, 0) is 0 Å². The second-order valence-corrected chi connectivity index (χ2v) is 12.5. The third kappa shape index (κ3) is 4.50. The molecule has 0 saturated carbocycles. The van der Waals surface area contributed by atoms with Gasteiger partial charge in [-0.2, -0.15) is 0 Å². The van der Waals surface area contributed by atoms with Crippen LogP contribution in [0.4, 0.5) is 34.1 Å². The van der Waals surface area contributed by atoms with Gasteiger partial charge in [-0.05, 0) is 84.9 Å². The lowest BCUT2D eigenvalue weighted by Gasteiger charge is -2.25. The summed E-state index contributed by atoms with van der Waals surface area (Å²) >= 11 is 1.84. The predicted octanol–water partition coefficient (Wildman–Crippen LogP) is 12.9. The number of nitrogens with zero attached hydrogens (tertiary/aromatic N) is 2. The first-order valence-corrected chi connectivity index (χ1v) is 16.2. The molecule has 0 amide bonds. The molecule has 0 aliphatic rings. The fourth-order valence-corrected chi connectivity index (χ4v) is 7.68. The lowest BCUT2D eigenvalue weighted by atomic mass is 10.1. The molecule has 9 aromatic rings. The van der Waals surface area contributed by atoms with Crippen molar-refractivity contribution in [2.45, 2.75) is 0 Å². The Kier molecular flexibility index (Phi) is 6.32. The number of fused-ring (bicyclic) bond motifs is 6. The Bertz CT molecular complexity index is 2440. The van der Waals surface area contributed by atoms with Gasteiger partial charge in [0.05, 0.1) is 0 Å². The Labute approximate surface area is 270 Å². The van der Waals surface area contributed by atoms with Gasteiger partial charge in [-0.15, -0.1) is 11.3 Å². The van der Waals surface area contributed by atoms with Gasteiger partial charge in [-0.25, -0.2) is 0 Å². The minimum atomic E-state index is 0.897. The zero-order valence-corrected chi connectivity index (χ0v) is 25.7. The van der Waals surface area contributed by atoms with Crippen molar-refractivity contribution in [3.05, 3.63) is 170 Å². The average molecular weight is 609 g/mol. The quantitative estimate of drug-likeness (QED) is 0.187. The van der Waals surface area contributed by atoms with E-state index in [-0.39, 0.29) is 0 Å². The zero-order chi connectivity index (χ0) is 30.5. The van der Waals surface area contributed by atoms with Crippen LogP contribution in [0, 0.1) is 0 Å². The highest BCUT2D eigenvalue weighted by molar-refractivity contribution is 7.25. The molecule has 0 fully saturated rings. The van der Waals surface area contributed by atoms with E-state index in [2.05, 4.69) is 168 Å². The standard InChI is InChI=1S/C42H28N2OS/c1-4-12-29(13-5-1)43(30-14-6-2-7-15-30)33-20-23-36-37-24-21-34(28-42(37)46-41(36)27-33)44(31-16-8-3-9-17-31)32-22-25-40-38(26-32)35-18-10-11-19-39(35)45-40/h1-28H. The Balaban J connectivity index is 1.18. The molecule has 0 aliphatic carbocycles. The molecule has 0 atom stereocenters. The van der Waals surface area contributed by atoms with Crippen molar-refractivity contribution in [3.8, 4) is 0 Å². The molecule has 0 bridgehead atoms. The van der Waals surface area contributed by atoms with E-state index in [1.54, 1.807) is 0 Å². The molecule has 0 saturated heterocycles. The molecule has 9 rings (SSSR count). The van der Waals surface area contributed by atoms with Gasteiger partial charge in [-0.1, -0.05) is 84.9 Å². The fraction of sp³-hybridized carbons (Fsp3) is 0. The van der Waals surface area contributed by atoms with Crippen molar-refractivity contribution in [2.75, 3.05) is 9.80 Å². The number of thiophene rings is 1. The maximum Gasteiger partial charge on any atom is 0.135 e. The number of furan rings is 1. The van der Waals surface area contributed by atoms with Crippen LogP contribution in [-0.4, -0.2) is 0 Å². The van der Waals surface area contributed by atoms with E-state index in [9.17, 15) is 0 Å². The van der Waals surface area contributed by atoms with E-state index in [4.69, 9.17) is 4.42 Å². The Morgan fingerprint density at radius 3 is 1.33 bits per heavy atom. The minimum absolute atomic E-state index is 0.897. The third-order valence-electron chi connectivity index (χ3n) is 8.62. The van der Waals surface area contributed by atoms with Crippen molar-refractivity contribution in [1.29, 1.82) is 0 Å². The fourth-order valence-electron chi connectivity index (χ4n) is 6.51. The predicted molar refractivity (Wildman–Crippen MR) is 196 cm³/mol. The number of rotatable bonds is 6. The molecule has 0 N–H and O–H groups in total. The van der Waals surface area contributed by atoms with Gasteiger partial charge in [0.25, 0.3) is 0 Å². The topological polar surface area (TPSA) is 19.6 Å². The summed E-state index contributed by atoms with van der Waals surface area (Å²) in [7, 11) is 0. The van der Waals surface area contributed by atoms with Gasteiger partial charge in [-0.3, -0.25) is 0 Å². The van der Waals surface area contributed by atoms with E-state index in [0.29, 0.717) is 0 Å². The van der Waals surface area contributed by atoms with Crippen molar-refractivity contribution in [3.63, 3.8) is 0 Å². The number of hydrogen-bond acceptors (Lipinski definition) is 4. The summed E-state index contributed by atoms with van der Waals surface area (Å²) in [6.45, 7) is 0. The van der Waals surface area contributed by atoms with Crippen molar-refractivity contribution in [1.82, 2.24) is 0 Å². The first-order valence-electron chi connectivity index (χ1n) is 15.4. The third-order valence-corrected chi connectivity index (χ3v) is 9.73. The molecule has 2 heterocycles. The van der Waals surface area contributed by atoms with Gasteiger partial charge in [0, 0.05) is 65.1 Å². The molecule has 2 aromatic heterocycles. The summed E-state index contributed by atoms with van der Waals surface area (Å²) < 4.78 is 8.67. The molecule has 4 heteroatoms. The lowest BCUT2D eigenvalue weighted by molar-refractivity contribution is 0.669. The van der Waals surface area contributed by atoms with Gasteiger partial charge in [0.15, 0.2) is 0 Å². The van der Waals surface area contributed by atoms with Gasteiger partial charge < -0.3 is 14.2 Å². The molecule has 7 aromatic carbocycles. The molecule has 0 unspecified atom stereocenters. The summed E-state index contributed by atoms with van der Waals surface area (Å²) in [5, 5.41) is 4.79. The van der Waals surface area contributed by atoms with E-state index < -0.39 is 0 Å². The van der Waals surface area contributed by atoms with Crippen LogP contribution in [0.5, 0.6) is 0 Å². The largest absolute Gasteiger partial charge is 0.456 e. The van der Waals surface area contributed by atoms with Crippen molar-refractivity contribution < 1.29 is 4.42 Å². The molecule has 0 aliphatic heterocycles. The second kappa shape index (κ2) is 11.0. The van der Waals surface area contributed by atoms with Crippen LogP contribution >= 0.6 is 11.3 Å². The number of anilines is 6. The molecular formula is C42H28N2OS. The maximum absolute atomic E-state index is 6.15. The zero-order valence-electron chi connectivity index (χ0n) is 24.9. The number of hydrogen-bond donors (Lipinski definition) is 0. The smallest absolute Gasteiger partial charge is 0.135 e. The Hall–Kier alpha value is -5.84. The summed E-state index contributed by atoms with van der Waals surface area (Å²) in [5.41, 5.74) is 8.54. The summed E-state index contributed by atoms with van der Waals surface area (Å²) in [4.78, 5) is 4.66. The van der Waals surface area contributed by atoms with Crippen molar-refractivity contribution >= 4 is 87.6 Å². The highest BCUT2D eigenvalue weighted by Gasteiger charge is 2.18. The highest BCUT2D eigenvalue weighted by Crippen LogP contribution is 2.44. The van der Waals surface area contributed by atoms with Crippen LogP contribution < -0.4 is 9.80 Å². The molecule has 0 radical (unpaired) electrons. The molecule has 0 spiro atoms. The molecule has 3 nitrogen and oxygen atoms in total. The summed E-state index contributed by atoms with van der Waals surface area (Å²) in [6.07, 6.45) is 0. The van der Waals surface area contributed by atoms with Crippen LogP contribution in [0.2, 0.25) is 0 Å². The SMILES string of the molecule is c1ccc(N(c2ccccc2)c2ccc3c(c2)sc2cc(N(c4ccccc4)c4ccc5oc6ccccc6c5c4)ccc23)cc1. The van der Waals surface area contributed by atoms with E-state index in [0.717, 1.165) is 56.1 Å². The molecule has 218 valence electrons. The van der Waals surface area contributed by atoms with Crippen LogP contribution in [0.15, 0.2) is 174 Å². The minimum Gasteiger partial charge on any atom is -0.456 e. The van der Waals surface area contributed by atoms with E-state index in [1.807, 2.05) is 23.5 Å². The van der Waals surface area contributed by atoms with Crippen LogP contribution in [0.3, 0.4) is 0 Å². The second-order valence-electron chi connectivity index (χ2n) is 11.4. The Morgan fingerprint density at radius 2 is 0.761 bits per heavy atom.